The molecule has 4 nitrogen and oxygen atoms in total. The van der Waals surface area contributed by atoms with E-state index in [2.05, 4.69) is 35.9 Å². The van der Waals surface area contributed by atoms with Crippen molar-refractivity contribution in [3.63, 3.8) is 0 Å². The number of hydrogen-bond acceptors (Lipinski definition) is 3. The number of hydrogen-bond donors (Lipinski definition) is 0. The summed E-state index contributed by atoms with van der Waals surface area (Å²) < 4.78 is 0. The molecule has 0 aromatic heterocycles. The van der Waals surface area contributed by atoms with E-state index in [1.165, 1.54) is 31.4 Å². The molecule has 1 aromatic rings. The molecule has 4 heteroatoms. The van der Waals surface area contributed by atoms with Crippen LogP contribution in [0.2, 0.25) is 0 Å². The van der Waals surface area contributed by atoms with Gasteiger partial charge in [0.15, 0.2) is 0 Å². The van der Waals surface area contributed by atoms with E-state index in [9.17, 15) is 4.79 Å². The molecule has 0 radical (unpaired) electrons. The van der Waals surface area contributed by atoms with Crippen molar-refractivity contribution in [1.29, 1.82) is 0 Å². The molecule has 0 aliphatic carbocycles. The van der Waals surface area contributed by atoms with Crippen molar-refractivity contribution in [1.82, 2.24) is 14.7 Å². The van der Waals surface area contributed by atoms with Gasteiger partial charge < -0.3 is 9.80 Å². The zero-order valence-corrected chi connectivity index (χ0v) is 15.2. The molecule has 1 aromatic carbocycles. The first-order valence-corrected chi connectivity index (χ1v) is 9.38. The molecule has 2 aliphatic rings. The van der Waals surface area contributed by atoms with Crippen molar-refractivity contribution in [2.45, 2.75) is 38.6 Å². The summed E-state index contributed by atoms with van der Waals surface area (Å²) >= 11 is 0. The third kappa shape index (κ3) is 4.37. The van der Waals surface area contributed by atoms with Crippen molar-refractivity contribution < 1.29 is 4.79 Å². The Morgan fingerprint density at radius 2 is 1.83 bits per heavy atom. The fraction of sp³-hybridized carbons (Fsp3) is 0.650. The molecule has 2 aliphatic heterocycles. The summed E-state index contributed by atoms with van der Waals surface area (Å²) in [4.78, 5) is 19.7. The molecule has 132 valence electrons. The number of rotatable bonds is 4. The molecule has 1 atom stereocenters. The standard InChI is InChI=1S/C20H31N3O/c1-17-7-3-4-8-18(17)15-20(24)23-13-11-22(12-14-23)16-19-9-5-6-10-21(19)2/h3-4,7-8,19H,5-6,9-16H2,1-2H3/t19-/m0/s1. The minimum atomic E-state index is 0.277. The fourth-order valence-corrected chi connectivity index (χ4v) is 3.94. The lowest BCUT2D eigenvalue weighted by molar-refractivity contribution is -0.132. The molecule has 0 spiro atoms. The Balaban J connectivity index is 1.46. The van der Waals surface area contributed by atoms with Crippen LogP contribution in [0.15, 0.2) is 24.3 Å². The molecule has 0 bridgehead atoms. The highest BCUT2D eigenvalue weighted by atomic mass is 16.2. The predicted molar refractivity (Wildman–Crippen MR) is 98.2 cm³/mol. The number of carbonyl (C=O) groups excluding carboxylic acids is 1. The Labute approximate surface area is 146 Å². The van der Waals surface area contributed by atoms with Gasteiger partial charge in [0.05, 0.1) is 6.42 Å². The summed E-state index contributed by atoms with van der Waals surface area (Å²) in [5.74, 6) is 0.277. The van der Waals surface area contributed by atoms with Gasteiger partial charge in [-0.15, -0.1) is 0 Å². The Morgan fingerprint density at radius 3 is 2.54 bits per heavy atom. The molecular formula is C20H31N3O. The second-order valence-corrected chi connectivity index (χ2v) is 7.41. The van der Waals surface area contributed by atoms with Gasteiger partial charge in [0.25, 0.3) is 0 Å². The van der Waals surface area contributed by atoms with Crippen molar-refractivity contribution in [3.8, 4) is 0 Å². The van der Waals surface area contributed by atoms with Crippen molar-refractivity contribution in [3.05, 3.63) is 35.4 Å². The second-order valence-electron chi connectivity index (χ2n) is 7.41. The SMILES string of the molecule is Cc1ccccc1CC(=O)N1CCN(C[C@@H]2CCCCN2C)CC1. The van der Waals surface area contributed by atoms with Crippen LogP contribution in [0.25, 0.3) is 0 Å². The lowest BCUT2D eigenvalue weighted by atomic mass is 10.0. The van der Waals surface area contributed by atoms with E-state index in [-0.39, 0.29) is 5.91 Å². The maximum atomic E-state index is 12.6. The van der Waals surface area contributed by atoms with Gasteiger partial charge in [-0.1, -0.05) is 30.7 Å². The minimum absolute atomic E-state index is 0.277. The molecule has 2 saturated heterocycles. The minimum Gasteiger partial charge on any atom is -0.340 e. The second kappa shape index (κ2) is 8.13. The number of aryl methyl sites for hydroxylation is 1. The first kappa shape index (κ1) is 17.4. The highest BCUT2D eigenvalue weighted by Gasteiger charge is 2.25. The summed E-state index contributed by atoms with van der Waals surface area (Å²) in [6.45, 7) is 8.27. The molecule has 2 fully saturated rings. The van der Waals surface area contributed by atoms with Crippen LogP contribution < -0.4 is 0 Å². The van der Waals surface area contributed by atoms with Crippen LogP contribution in [0.4, 0.5) is 0 Å². The topological polar surface area (TPSA) is 26.8 Å². The average molecular weight is 329 g/mol. The number of piperazine rings is 1. The lowest BCUT2D eigenvalue weighted by Gasteiger charge is -2.40. The molecule has 0 N–H and O–H groups in total. The Morgan fingerprint density at radius 1 is 1.08 bits per heavy atom. The summed E-state index contributed by atoms with van der Waals surface area (Å²) in [5, 5.41) is 0. The monoisotopic (exact) mass is 329 g/mol. The molecule has 2 heterocycles. The van der Waals surface area contributed by atoms with Crippen LogP contribution in [0.5, 0.6) is 0 Å². The van der Waals surface area contributed by atoms with Crippen LogP contribution >= 0.6 is 0 Å². The number of carbonyl (C=O) groups is 1. The third-order valence-corrected chi connectivity index (χ3v) is 5.72. The van der Waals surface area contributed by atoms with E-state index in [0.29, 0.717) is 12.5 Å². The normalized spacial score (nSPS) is 23.4. The number of piperidine rings is 1. The van der Waals surface area contributed by atoms with Gasteiger partial charge >= 0.3 is 0 Å². The largest absolute Gasteiger partial charge is 0.340 e. The smallest absolute Gasteiger partial charge is 0.227 e. The maximum absolute atomic E-state index is 12.6. The lowest BCUT2D eigenvalue weighted by Crippen LogP contribution is -2.53. The zero-order chi connectivity index (χ0) is 16.9. The van der Waals surface area contributed by atoms with Gasteiger partial charge in [0.2, 0.25) is 5.91 Å². The number of amides is 1. The van der Waals surface area contributed by atoms with Crippen LogP contribution in [-0.2, 0) is 11.2 Å². The molecular weight excluding hydrogens is 298 g/mol. The van der Waals surface area contributed by atoms with Crippen molar-refractivity contribution in [2.75, 3.05) is 46.3 Å². The van der Waals surface area contributed by atoms with Gasteiger partial charge in [-0.25, -0.2) is 0 Å². The highest BCUT2D eigenvalue weighted by Crippen LogP contribution is 2.17. The van der Waals surface area contributed by atoms with Gasteiger partial charge in [0, 0.05) is 38.8 Å². The van der Waals surface area contributed by atoms with Gasteiger partial charge in [-0.3, -0.25) is 9.69 Å². The van der Waals surface area contributed by atoms with Crippen LogP contribution in [-0.4, -0.2) is 73.0 Å². The highest BCUT2D eigenvalue weighted by molar-refractivity contribution is 5.79. The summed E-state index contributed by atoms with van der Waals surface area (Å²) in [6, 6.07) is 8.91. The van der Waals surface area contributed by atoms with Gasteiger partial charge in [-0.2, -0.15) is 0 Å². The fourth-order valence-electron chi connectivity index (χ4n) is 3.94. The molecule has 24 heavy (non-hydrogen) atoms. The first-order valence-electron chi connectivity index (χ1n) is 9.38. The van der Waals surface area contributed by atoms with Crippen LogP contribution in [0, 0.1) is 6.92 Å². The van der Waals surface area contributed by atoms with Crippen molar-refractivity contribution >= 4 is 5.91 Å². The van der Waals surface area contributed by atoms with Gasteiger partial charge in [-0.05, 0) is 44.5 Å². The van der Waals surface area contributed by atoms with E-state index in [0.717, 1.165) is 38.3 Å². The average Bonchev–Trinajstić information content (AvgIpc) is 2.59. The third-order valence-electron chi connectivity index (χ3n) is 5.72. The number of benzene rings is 1. The Bertz CT molecular complexity index is 552. The van der Waals surface area contributed by atoms with E-state index >= 15 is 0 Å². The molecule has 0 saturated carbocycles. The summed E-state index contributed by atoms with van der Waals surface area (Å²) in [6.07, 6.45) is 4.57. The van der Waals surface area contributed by atoms with E-state index in [1.807, 2.05) is 17.0 Å². The Kier molecular flexibility index (Phi) is 5.90. The predicted octanol–water partition coefficient (Wildman–Crippen LogP) is 2.17. The van der Waals surface area contributed by atoms with Crippen LogP contribution in [0.3, 0.4) is 0 Å². The maximum Gasteiger partial charge on any atom is 0.227 e. The number of likely N-dealkylation sites (tertiary alicyclic amines) is 1. The summed E-state index contributed by atoms with van der Waals surface area (Å²) in [7, 11) is 2.26. The van der Waals surface area contributed by atoms with Crippen LogP contribution in [0.1, 0.15) is 30.4 Å². The van der Waals surface area contributed by atoms with Gasteiger partial charge in [0.1, 0.15) is 0 Å². The molecule has 3 rings (SSSR count). The molecule has 1 amide bonds. The van der Waals surface area contributed by atoms with E-state index < -0.39 is 0 Å². The van der Waals surface area contributed by atoms with E-state index in [1.54, 1.807) is 0 Å². The first-order chi connectivity index (χ1) is 11.6. The zero-order valence-electron chi connectivity index (χ0n) is 15.2. The summed E-state index contributed by atoms with van der Waals surface area (Å²) in [5.41, 5.74) is 2.37. The number of nitrogens with zero attached hydrogens (tertiary/aromatic N) is 3. The van der Waals surface area contributed by atoms with Crippen molar-refractivity contribution in [2.24, 2.45) is 0 Å². The van der Waals surface area contributed by atoms with E-state index in [4.69, 9.17) is 0 Å². The Hall–Kier alpha value is -1.39. The number of likely N-dealkylation sites (N-methyl/N-ethyl adjacent to an activating group) is 1. The quantitative estimate of drug-likeness (QED) is 0.847. The molecule has 0 unspecified atom stereocenters.